The minimum atomic E-state index is -0.0794. The summed E-state index contributed by atoms with van der Waals surface area (Å²) in [5.41, 5.74) is 0.619. The van der Waals surface area contributed by atoms with Crippen LogP contribution in [0.25, 0.3) is 0 Å². The van der Waals surface area contributed by atoms with E-state index in [-0.39, 0.29) is 5.91 Å². The molecule has 0 unspecified atom stereocenters. The molecule has 0 atom stereocenters. The number of carbonyl (C=O) groups is 1. The van der Waals surface area contributed by atoms with Crippen molar-refractivity contribution >= 4 is 46.4 Å². The molecule has 0 bridgehead atoms. The highest BCUT2D eigenvalue weighted by atomic mass is 35.5. The molecule has 6 heteroatoms. The van der Waals surface area contributed by atoms with Crippen LogP contribution in [0.5, 0.6) is 11.5 Å². The van der Waals surface area contributed by atoms with Crippen LogP contribution in [0.3, 0.4) is 0 Å². The summed E-state index contributed by atoms with van der Waals surface area (Å²) in [4.78, 5) is 11.3. The summed E-state index contributed by atoms with van der Waals surface area (Å²) < 4.78 is 5.64. The highest BCUT2D eigenvalue weighted by molar-refractivity contribution is 6.42. The van der Waals surface area contributed by atoms with E-state index in [4.69, 9.17) is 39.5 Å². The Morgan fingerprint density at radius 3 is 2.43 bits per heavy atom. The quantitative estimate of drug-likeness (QED) is 0.762. The van der Waals surface area contributed by atoms with Crippen LogP contribution in [0.2, 0.25) is 15.1 Å². The molecule has 3 nitrogen and oxygen atoms in total. The Labute approximate surface area is 137 Å². The predicted octanol–water partition coefficient (Wildman–Crippen LogP) is 5.79. The second kappa shape index (κ2) is 7.03. The lowest BCUT2D eigenvalue weighted by Crippen LogP contribution is -2.09. The van der Waals surface area contributed by atoms with Crippen molar-refractivity contribution in [1.29, 1.82) is 0 Å². The largest absolute Gasteiger partial charge is 0.456 e. The molecule has 21 heavy (non-hydrogen) atoms. The van der Waals surface area contributed by atoms with Crippen molar-refractivity contribution in [2.75, 3.05) is 5.32 Å². The smallest absolute Gasteiger partial charge is 0.224 e. The molecule has 0 saturated carbocycles. The number of anilines is 1. The van der Waals surface area contributed by atoms with Crippen molar-refractivity contribution in [2.24, 2.45) is 0 Å². The van der Waals surface area contributed by atoms with Gasteiger partial charge in [-0.3, -0.25) is 4.79 Å². The molecular weight excluding hydrogens is 333 g/mol. The molecule has 1 N–H and O–H groups in total. The molecule has 0 spiro atoms. The topological polar surface area (TPSA) is 38.3 Å². The minimum absolute atomic E-state index is 0.0794. The van der Waals surface area contributed by atoms with Gasteiger partial charge in [0.15, 0.2) is 0 Å². The van der Waals surface area contributed by atoms with E-state index in [9.17, 15) is 4.79 Å². The number of benzene rings is 2. The van der Waals surface area contributed by atoms with Crippen molar-refractivity contribution in [3.8, 4) is 11.5 Å². The van der Waals surface area contributed by atoms with Crippen LogP contribution >= 0.6 is 34.8 Å². The van der Waals surface area contributed by atoms with E-state index in [2.05, 4.69) is 5.32 Å². The van der Waals surface area contributed by atoms with Crippen LogP contribution < -0.4 is 10.1 Å². The third-order valence-electron chi connectivity index (χ3n) is 2.66. The lowest BCUT2D eigenvalue weighted by Gasteiger charge is -2.10. The Morgan fingerprint density at radius 1 is 1.05 bits per heavy atom. The number of rotatable bonds is 4. The summed E-state index contributed by atoms with van der Waals surface area (Å²) in [6.07, 6.45) is 0.402. The van der Waals surface area contributed by atoms with Gasteiger partial charge >= 0.3 is 0 Å². The van der Waals surface area contributed by atoms with Crippen molar-refractivity contribution in [1.82, 2.24) is 0 Å². The molecule has 0 aliphatic heterocycles. The van der Waals surface area contributed by atoms with Crippen LogP contribution in [0.1, 0.15) is 13.3 Å². The van der Waals surface area contributed by atoms with Crippen LogP contribution in [-0.4, -0.2) is 5.91 Å². The fourth-order valence-corrected chi connectivity index (χ4v) is 2.09. The van der Waals surface area contributed by atoms with Crippen molar-refractivity contribution in [3.63, 3.8) is 0 Å². The van der Waals surface area contributed by atoms with E-state index in [1.165, 1.54) is 0 Å². The summed E-state index contributed by atoms with van der Waals surface area (Å²) in [7, 11) is 0. The Balaban J connectivity index is 2.17. The average Bonchev–Trinajstić information content (AvgIpc) is 2.45. The molecule has 0 fully saturated rings. The van der Waals surface area contributed by atoms with Crippen LogP contribution in [-0.2, 0) is 4.79 Å². The van der Waals surface area contributed by atoms with E-state index < -0.39 is 0 Å². The molecule has 1 amide bonds. The first kappa shape index (κ1) is 16.0. The summed E-state index contributed by atoms with van der Waals surface area (Å²) in [6.45, 7) is 1.78. The summed E-state index contributed by atoms with van der Waals surface area (Å²) in [6, 6.07) is 9.96. The van der Waals surface area contributed by atoms with E-state index >= 15 is 0 Å². The Hall–Kier alpha value is -1.42. The third-order valence-corrected chi connectivity index (χ3v) is 3.69. The van der Waals surface area contributed by atoms with Gasteiger partial charge in [0.25, 0.3) is 0 Å². The lowest BCUT2D eigenvalue weighted by atomic mass is 10.3. The van der Waals surface area contributed by atoms with E-state index in [1.807, 2.05) is 0 Å². The molecule has 2 aromatic rings. The Morgan fingerprint density at radius 2 is 1.81 bits per heavy atom. The molecule has 0 heterocycles. The van der Waals surface area contributed by atoms with Crippen molar-refractivity contribution in [2.45, 2.75) is 13.3 Å². The number of halogens is 3. The van der Waals surface area contributed by atoms with Crippen LogP contribution in [0.4, 0.5) is 5.69 Å². The van der Waals surface area contributed by atoms with E-state index in [0.717, 1.165) is 0 Å². The lowest BCUT2D eigenvalue weighted by molar-refractivity contribution is -0.115. The van der Waals surface area contributed by atoms with Gasteiger partial charge in [0.05, 0.1) is 15.1 Å². The maximum absolute atomic E-state index is 11.3. The third kappa shape index (κ3) is 4.27. The first-order chi connectivity index (χ1) is 9.99. The predicted molar refractivity (Wildman–Crippen MR) is 86.9 cm³/mol. The van der Waals surface area contributed by atoms with Gasteiger partial charge in [-0.2, -0.15) is 0 Å². The molecule has 0 radical (unpaired) electrons. The van der Waals surface area contributed by atoms with Gasteiger partial charge in [0.1, 0.15) is 11.5 Å². The highest BCUT2D eigenvalue weighted by Gasteiger charge is 2.07. The fraction of sp³-hybridized carbons (Fsp3) is 0.133. The molecule has 2 aromatic carbocycles. The normalized spacial score (nSPS) is 10.3. The van der Waals surface area contributed by atoms with Gasteiger partial charge in [0, 0.05) is 18.2 Å². The minimum Gasteiger partial charge on any atom is -0.456 e. The van der Waals surface area contributed by atoms with Gasteiger partial charge in [-0.1, -0.05) is 41.7 Å². The molecular formula is C15H12Cl3NO2. The van der Waals surface area contributed by atoms with Gasteiger partial charge in [0.2, 0.25) is 5.91 Å². The van der Waals surface area contributed by atoms with Crippen LogP contribution in [0, 0.1) is 0 Å². The van der Waals surface area contributed by atoms with Crippen LogP contribution in [0.15, 0.2) is 36.4 Å². The number of carbonyl (C=O) groups excluding carboxylic acids is 1. The van der Waals surface area contributed by atoms with E-state index in [1.54, 1.807) is 43.3 Å². The monoisotopic (exact) mass is 343 g/mol. The summed E-state index contributed by atoms with van der Waals surface area (Å²) in [5, 5.41) is 3.96. The van der Waals surface area contributed by atoms with Crippen molar-refractivity contribution in [3.05, 3.63) is 51.5 Å². The SMILES string of the molecule is CCC(=O)Nc1ccc(Oc2ccc(Cl)c(Cl)c2)c(Cl)c1. The zero-order chi connectivity index (χ0) is 15.4. The highest BCUT2D eigenvalue weighted by Crippen LogP contribution is 2.34. The second-order valence-electron chi connectivity index (χ2n) is 4.22. The Kier molecular flexibility index (Phi) is 5.34. The average molecular weight is 345 g/mol. The summed E-state index contributed by atoms with van der Waals surface area (Å²) in [5.74, 6) is 0.908. The first-order valence-electron chi connectivity index (χ1n) is 6.22. The zero-order valence-electron chi connectivity index (χ0n) is 11.1. The zero-order valence-corrected chi connectivity index (χ0v) is 13.4. The van der Waals surface area contributed by atoms with Crippen molar-refractivity contribution < 1.29 is 9.53 Å². The summed E-state index contributed by atoms with van der Waals surface area (Å²) >= 11 is 17.9. The van der Waals surface area contributed by atoms with Gasteiger partial charge in [-0.25, -0.2) is 0 Å². The maximum Gasteiger partial charge on any atom is 0.224 e. The molecule has 0 aromatic heterocycles. The maximum atomic E-state index is 11.3. The van der Waals surface area contributed by atoms with Gasteiger partial charge < -0.3 is 10.1 Å². The number of hydrogen-bond donors (Lipinski definition) is 1. The number of nitrogens with one attached hydrogen (secondary N) is 1. The number of amides is 1. The number of ether oxygens (including phenoxy) is 1. The first-order valence-corrected chi connectivity index (χ1v) is 7.35. The van der Waals surface area contributed by atoms with E-state index in [0.29, 0.717) is 38.7 Å². The van der Waals surface area contributed by atoms with Gasteiger partial charge in [-0.15, -0.1) is 0 Å². The second-order valence-corrected chi connectivity index (χ2v) is 5.45. The molecule has 0 saturated heterocycles. The van der Waals surface area contributed by atoms with Gasteiger partial charge in [-0.05, 0) is 30.3 Å². The molecule has 110 valence electrons. The molecule has 0 aliphatic rings. The molecule has 0 aliphatic carbocycles. The number of hydrogen-bond acceptors (Lipinski definition) is 2. The standard InChI is InChI=1S/C15H12Cl3NO2/c1-2-15(20)19-9-3-6-14(13(18)7-9)21-10-4-5-11(16)12(17)8-10/h3-8H,2H2,1H3,(H,19,20). The Bertz CT molecular complexity index is 674. The fourth-order valence-electron chi connectivity index (χ4n) is 1.58. The molecule has 2 rings (SSSR count).